The summed E-state index contributed by atoms with van der Waals surface area (Å²) >= 11 is 12.3. The molecule has 1 aliphatic heterocycles. The standard InChI is InChI=1S/C25H21Cl2N3O2/c1-15-20(27)5-4-6-21(15)28-23-22(16-7-9-17(26)10-8-16)24(31)30(25(23)32)19-13-11-18(12-14-19)29(2)3/h4-14,28H,1-3H3. The molecule has 0 saturated carbocycles. The summed E-state index contributed by atoms with van der Waals surface area (Å²) in [7, 11) is 3.85. The first-order valence-electron chi connectivity index (χ1n) is 9.96. The van der Waals surface area contributed by atoms with Crippen molar-refractivity contribution in [2.45, 2.75) is 6.92 Å². The molecule has 1 N–H and O–H groups in total. The summed E-state index contributed by atoms with van der Waals surface area (Å²) in [5, 5.41) is 4.27. The molecule has 0 fully saturated rings. The Morgan fingerprint density at radius 1 is 0.844 bits per heavy atom. The highest BCUT2D eigenvalue weighted by Gasteiger charge is 2.40. The van der Waals surface area contributed by atoms with E-state index in [-0.39, 0.29) is 11.3 Å². The van der Waals surface area contributed by atoms with E-state index in [4.69, 9.17) is 23.2 Å². The van der Waals surface area contributed by atoms with E-state index in [9.17, 15) is 9.59 Å². The van der Waals surface area contributed by atoms with Gasteiger partial charge in [0, 0.05) is 35.5 Å². The number of anilines is 3. The van der Waals surface area contributed by atoms with Crippen molar-refractivity contribution < 1.29 is 9.59 Å². The summed E-state index contributed by atoms with van der Waals surface area (Å²) in [6, 6.07) is 19.5. The molecule has 3 aromatic carbocycles. The smallest absolute Gasteiger partial charge is 0.282 e. The largest absolute Gasteiger partial charge is 0.378 e. The Kier molecular flexibility index (Phi) is 5.96. The zero-order chi connectivity index (χ0) is 23.0. The molecular weight excluding hydrogens is 445 g/mol. The van der Waals surface area contributed by atoms with Crippen molar-refractivity contribution in [3.8, 4) is 0 Å². The maximum Gasteiger partial charge on any atom is 0.282 e. The van der Waals surface area contributed by atoms with Crippen molar-refractivity contribution >= 4 is 57.7 Å². The Bertz CT molecular complexity index is 1230. The van der Waals surface area contributed by atoms with E-state index in [2.05, 4.69) is 5.32 Å². The predicted octanol–water partition coefficient (Wildman–Crippen LogP) is 5.76. The molecule has 0 aliphatic carbocycles. The average molecular weight is 466 g/mol. The number of hydrogen-bond acceptors (Lipinski definition) is 4. The molecule has 1 aliphatic rings. The molecule has 162 valence electrons. The van der Waals surface area contributed by atoms with Crippen LogP contribution < -0.4 is 15.1 Å². The van der Waals surface area contributed by atoms with Crippen molar-refractivity contribution in [2.75, 3.05) is 29.2 Å². The number of benzene rings is 3. The average Bonchev–Trinajstić information content (AvgIpc) is 3.01. The highest BCUT2D eigenvalue weighted by molar-refractivity contribution is 6.46. The first-order chi connectivity index (χ1) is 15.3. The van der Waals surface area contributed by atoms with Gasteiger partial charge in [-0.25, -0.2) is 4.90 Å². The molecule has 3 aromatic rings. The van der Waals surface area contributed by atoms with Gasteiger partial charge in [-0.3, -0.25) is 9.59 Å². The second kappa shape index (κ2) is 8.69. The van der Waals surface area contributed by atoms with Gasteiger partial charge >= 0.3 is 0 Å². The van der Waals surface area contributed by atoms with Gasteiger partial charge in [0.2, 0.25) is 0 Å². The molecule has 0 atom stereocenters. The lowest BCUT2D eigenvalue weighted by molar-refractivity contribution is -0.120. The molecule has 0 saturated heterocycles. The molecule has 0 bridgehead atoms. The van der Waals surface area contributed by atoms with Crippen molar-refractivity contribution in [3.05, 3.63) is 93.6 Å². The Morgan fingerprint density at radius 2 is 1.50 bits per heavy atom. The van der Waals surface area contributed by atoms with Gasteiger partial charge in [-0.2, -0.15) is 0 Å². The number of hydrogen-bond donors (Lipinski definition) is 1. The van der Waals surface area contributed by atoms with Gasteiger partial charge in [-0.05, 0) is 66.6 Å². The molecular formula is C25H21Cl2N3O2. The molecule has 32 heavy (non-hydrogen) atoms. The number of carbonyl (C=O) groups excluding carboxylic acids is 2. The van der Waals surface area contributed by atoms with Crippen LogP contribution in [0, 0.1) is 6.92 Å². The van der Waals surface area contributed by atoms with Crippen molar-refractivity contribution in [1.82, 2.24) is 0 Å². The first-order valence-corrected chi connectivity index (χ1v) is 10.7. The lowest BCUT2D eigenvalue weighted by Gasteiger charge is -2.18. The van der Waals surface area contributed by atoms with Crippen molar-refractivity contribution in [3.63, 3.8) is 0 Å². The lowest BCUT2D eigenvalue weighted by Crippen LogP contribution is -2.32. The van der Waals surface area contributed by atoms with E-state index in [1.807, 2.05) is 44.1 Å². The van der Waals surface area contributed by atoms with E-state index in [1.165, 1.54) is 4.90 Å². The third-order valence-corrected chi connectivity index (χ3v) is 6.03. The first kappa shape index (κ1) is 21.9. The monoisotopic (exact) mass is 465 g/mol. The minimum atomic E-state index is -0.433. The summed E-state index contributed by atoms with van der Waals surface area (Å²) < 4.78 is 0. The lowest BCUT2D eigenvalue weighted by atomic mass is 10.0. The molecule has 1 heterocycles. The number of carbonyl (C=O) groups is 2. The summed E-state index contributed by atoms with van der Waals surface area (Å²) in [6.45, 7) is 1.85. The summed E-state index contributed by atoms with van der Waals surface area (Å²) in [6.07, 6.45) is 0. The van der Waals surface area contributed by atoms with Gasteiger partial charge in [0.05, 0.1) is 11.3 Å². The fourth-order valence-corrected chi connectivity index (χ4v) is 3.84. The van der Waals surface area contributed by atoms with E-state index < -0.39 is 11.8 Å². The second-order valence-electron chi connectivity index (χ2n) is 7.65. The quantitative estimate of drug-likeness (QED) is 0.486. The van der Waals surface area contributed by atoms with Gasteiger partial charge in [0.25, 0.3) is 11.8 Å². The van der Waals surface area contributed by atoms with Crippen LogP contribution in [-0.4, -0.2) is 25.9 Å². The van der Waals surface area contributed by atoms with Gasteiger partial charge < -0.3 is 10.2 Å². The Balaban J connectivity index is 1.81. The topological polar surface area (TPSA) is 52.7 Å². The fourth-order valence-electron chi connectivity index (χ4n) is 3.54. The van der Waals surface area contributed by atoms with Crippen LogP contribution in [0.1, 0.15) is 11.1 Å². The number of nitrogens with zero attached hydrogens (tertiary/aromatic N) is 2. The highest BCUT2D eigenvalue weighted by Crippen LogP contribution is 2.35. The Morgan fingerprint density at radius 3 is 2.12 bits per heavy atom. The molecule has 7 heteroatoms. The van der Waals surface area contributed by atoms with Gasteiger partial charge in [-0.15, -0.1) is 0 Å². The summed E-state index contributed by atoms with van der Waals surface area (Å²) in [5.41, 5.74) is 3.98. The second-order valence-corrected chi connectivity index (χ2v) is 8.49. The Labute approximate surface area is 196 Å². The van der Waals surface area contributed by atoms with E-state index in [0.717, 1.165) is 11.3 Å². The van der Waals surface area contributed by atoms with Crippen LogP contribution in [-0.2, 0) is 9.59 Å². The van der Waals surface area contributed by atoms with Gasteiger partial charge in [0.1, 0.15) is 5.70 Å². The van der Waals surface area contributed by atoms with Crippen molar-refractivity contribution in [2.24, 2.45) is 0 Å². The zero-order valence-electron chi connectivity index (χ0n) is 17.8. The third-order valence-electron chi connectivity index (χ3n) is 5.37. The minimum absolute atomic E-state index is 0.194. The number of nitrogens with one attached hydrogen (secondary N) is 1. The van der Waals surface area contributed by atoms with Crippen LogP contribution in [0.25, 0.3) is 5.57 Å². The predicted molar refractivity (Wildman–Crippen MR) is 131 cm³/mol. The minimum Gasteiger partial charge on any atom is -0.378 e. The number of imide groups is 1. The normalized spacial score (nSPS) is 13.7. The van der Waals surface area contributed by atoms with E-state index in [1.54, 1.807) is 48.5 Å². The van der Waals surface area contributed by atoms with Crippen LogP contribution in [0.4, 0.5) is 17.1 Å². The molecule has 2 amide bonds. The third kappa shape index (κ3) is 3.97. The molecule has 0 unspecified atom stereocenters. The van der Waals surface area contributed by atoms with Crippen LogP contribution in [0.15, 0.2) is 72.4 Å². The van der Waals surface area contributed by atoms with Crippen LogP contribution in [0.2, 0.25) is 10.0 Å². The van der Waals surface area contributed by atoms with Gasteiger partial charge in [0.15, 0.2) is 0 Å². The van der Waals surface area contributed by atoms with Crippen LogP contribution >= 0.6 is 23.2 Å². The molecule has 0 aromatic heterocycles. The van der Waals surface area contributed by atoms with Gasteiger partial charge in [-0.1, -0.05) is 41.4 Å². The molecule has 5 nitrogen and oxygen atoms in total. The van der Waals surface area contributed by atoms with Crippen LogP contribution in [0.5, 0.6) is 0 Å². The van der Waals surface area contributed by atoms with E-state index in [0.29, 0.717) is 27.0 Å². The molecule has 4 rings (SSSR count). The maximum absolute atomic E-state index is 13.5. The molecule has 0 spiro atoms. The number of amides is 2. The fraction of sp³-hybridized carbons (Fsp3) is 0.120. The van der Waals surface area contributed by atoms with Crippen molar-refractivity contribution in [1.29, 1.82) is 0 Å². The maximum atomic E-state index is 13.5. The number of rotatable bonds is 5. The Hall–Kier alpha value is -3.28. The summed E-state index contributed by atoms with van der Waals surface area (Å²) in [4.78, 5) is 30.1. The van der Waals surface area contributed by atoms with E-state index >= 15 is 0 Å². The number of halogens is 2. The highest BCUT2D eigenvalue weighted by atomic mass is 35.5. The zero-order valence-corrected chi connectivity index (χ0v) is 19.3. The SMILES string of the molecule is Cc1c(Cl)cccc1NC1=C(c2ccc(Cl)cc2)C(=O)N(c2ccc(N(C)C)cc2)C1=O. The van der Waals surface area contributed by atoms with Crippen LogP contribution in [0.3, 0.4) is 0 Å². The molecule has 0 radical (unpaired) electrons. The summed E-state index contributed by atoms with van der Waals surface area (Å²) in [5.74, 6) is -0.839.